The van der Waals surface area contributed by atoms with Gasteiger partial charge >= 0.3 is 0 Å². The molecule has 2 aromatic heterocycles. The first kappa shape index (κ1) is 18.2. The maximum atomic E-state index is 13.0. The normalized spacial score (nSPS) is 11.1. The van der Waals surface area contributed by atoms with Crippen LogP contribution in [-0.4, -0.2) is 31.4 Å². The molecule has 0 radical (unpaired) electrons. The van der Waals surface area contributed by atoms with Gasteiger partial charge in [-0.2, -0.15) is 0 Å². The van der Waals surface area contributed by atoms with Crippen LogP contribution in [0.3, 0.4) is 0 Å². The highest BCUT2D eigenvalue weighted by Crippen LogP contribution is 2.29. The predicted octanol–water partition coefficient (Wildman–Crippen LogP) is 4.32. The van der Waals surface area contributed by atoms with Crippen LogP contribution in [0, 0.1) is 5.82 Å². The maximum Gasteiger partial charge on any atom is 0.234 e. The third kappa shape index (κ3) is 3.63. The SMILES string of the molecule is CCn1c(SCC(=O)Nc2ccc(F)cc2)nnc1-c1c[nH]c2ccccc12. The topological polar surface area (TPSA) is 75.6 Å². The molecule has 28 heavy (non-hydrogen) atoms. The summed E-state index contributed by atoms with van der Waals surface area (Å²) in [6.07, 6.45) is 1.93. The fourth-order valence-electron chi connectivity index (χ4n) is 3.00. The molecule has 0 aliphatic rings. The van der Waals surface area contributed by atoms with Gasteiger partial charge in [0.25, 0.3) is 0 Å². The minimum Gasteiger partial charge on any atom is -0.360 e. The van der Waals surface area contributed by atoms with Crippen LogP contribution in [0.2, 0.25) is 0 Å². The van der Waals surface area contributed by atoms with Crippen molar-refractivity contribution in [3.63, 3.8) is 0 Å². The van der Waals surface area contributed by atoms with Gasteiger partial charge in [-0.1, -0.05) is 30.0 Å². The minimum absolute atomic E-state index is 0.184. The molecule has 0 unspecified atom stereocenters. The van der Waals surface area contributed by atoms with Gasteiger partial charge in [-0.05, 0) is 37.3 Å². The molecule has 0 atom stereocenters. The number of thioether (sulfide) groups is 1. The Labute approximate surface area is 165 Å². The Morgan fingerprint density at radius 2 is 1.96 bits per heavy atom. The zero-order valence-electron chi connectivity index (χ0n) is 15.1. The van der Waals surface area contributed by atoms with E-state index in [1.165, 1.54) is 36.0 Å². The molecule has 1 amide bonds. The molecule has 0 fully saturated rings. The lowest BCUT2D eigenvalue weighted by atomic mass is 10.1. The van der Waals surface area contributed by atoms with Crippen molar-refractivity contribution in [2.75, 3.05) is 11.1 Å². The van der Waals surface area contributed by atoms with Crippen LogP contribution in [0.1, 0.15) is 6.92 Å². The Morgan fingerprint density at radius 1 is 1.18 bits per heavy atom. The second-order valence-electron chi connectivity index (χ2n) is 6.14. The Kier molecular flexibility index (Phi) is 5.12. The number of carbonyl (C=O) groups excluding carboxylic acids is 1. The second kappa shape index (κ2) is 7.85. The fraction of sp³-hybridized carbons (Fsp3) is 0.150. The highest BCUT2D eigenvalue weighted by molar-refractivity contribution is 7.99. The van der Waals surface area contributed by atoms with Crippen LogP contribution in [0.25, 0.3) is 22.3 Å². The van der Waals surface area contributed by atoms with Crippen LogP contribution in [0.4, 0.5) is 10.1 Å². The fourth-order valence-corrected chi connectivity index (χ4v) is 3.80. The molecule has 0 bridgehead atoms. The van der Waals surface area contributed by atoms with Gasteiger partial charge in [-0.25, -0.2) is 4.39 Å². The van der Waals surface area contributed by atoms with Crippen LogP contribution >= 0.6 is 11.8 Å². The summed E-state index contributed by atoms with van der Waals surface area (Å²) in [4.78, 5) is 15.4. The van der Waals surface area contributed by atoms with Crippen molar-refractivity contribution in [1.29, 1.82) is 0 Å². The lowest BCUT2D eigenvalue weighted by Crippen LogP contribution is -2.14. The monoisotopic (exact) mass is 395 g/mol. The molecule has 0 aliphatic heterocycles. The van der Waals surface area contributed by atoms with E-state index >= 15 is 0 Å². The number of carbonyl (C=O) groups is 1. The number of aromatic amines is 1. The molecule has 4 aromatic rings. The summed E-state index contributed by atoms with van der Waals surface area (Å²) in [7, 11) is 0. The predicted molar refractivity (Wildman–Crippen MR) is 109 cm³/mol. The summed E-state index contributed by atoms with van der Waals surface area (Å²) in [6, 6.07) is 13.7. The number of halogens is 1. The summed E-state index contributed by atoms with van der Waals surface area (Å²) in [6.45, 7) is 2.70. The number of anilines is 1. The summed E-state index contributed by atoms with van der Waals surface area (Å²) < 4.78 is 14.9. The molecular weight excluding hydrogens is 377 g/mol. The molecule has 0 aliphatic carbocycles. The van der Waals surface area contributed by atoms with Gasteiger partial charge in [0.2, 0.25) is 5.91 Å². The number of rotatable bonds is 6. The van der Waals surface area contributed by atoms with Crippen LogP contribution in [0.15, 0.2) is 59.9 Å². The summed E-state index contributed by atoms with van der Waals surface area (Å²) >= 11 is 1.32. The molecule has 2 aromatic carbocycles. The quantitative estimate of drug-likeness (QED) is 0.477. The number of hydrogen-bond acceptors (Lipinski definition) is 4. The highest BCUT2D eigenvalue weighted by Gasteiger charge is 2.17. The van der Waals surface area contributed by atoms with Gasteiger partial charge in [0.1, 0.15) is 5.82 Å². The molecular formula is C20H18FN5OS. The Morgan fingerprint density at radius 3 is 2.75 bits per heavy atom. The third-order valence-corrected chi connectivity index (χ3v) is 5.29. The number of fused-ring (bicyclic) bond motifs is 1. The summed E-state index contributed by atoms with van der Waals surface area (Å²) in [5.74, 6) is 0.425. The maximum absolute atomic E-state index is 13.0. The van der Waals surface area contributed by atoms with Gasteiger partial charge in [0.05, 0.1) is 5.75 Å². The first-order valence-corrected chi connectivity index (χ1v) is 9.82. The molecule has 8 heteroatoms. The summed E-state index contributed by atoms with van der Waals surface area (Å²) in [5, 5.41) is 13.1. The molecule has 6 nitrogen and oxygen atoms in total. The Bertz CT molecular complexity index is 1120. The standard InChI is InChI=1S/C20H18FN5OS/c1-2-26-19(16-11-22-17-6-4-3-5-15(16)17)24-25-20(26)28-12-18(27)23-14-9-7-13(21)8-10-14/h3-11,22H,2,12H2,1H3,(H,23,27). The van der Waals surface area contributed by atoms with E-state index in [9.17, 15) is 9.18 Å². The number of nitrogens with zero attached hydrogens (tertiary/aromatic N) is 3. The molecule has 0 saturated carbocycles. The lowest BCUT2D eigenvalue weighted by Gasteiger charge is -2.07. The van der Waals surface area contributed by atoms with Gasteiger partial charge in [0.15, 0.2) is 11.0 Å². The smallest absolute Gasteiger partial charge is 0.234 e. The third-order valence-electron chi connectivity index (χ3n) is 4.32. The first-order chi connectivity index (χ1) is 13.7. The van der Waals surface area contributed by atoms with Crippen molar-refractivity contribution in [3.8, 4) is 11.4 Å². The van der Waals surface area contributed by atoms with E-state index in [0.29, 0.717) is 17.4 Å². The largest absolute Gasteiger partial charge is 0.360 e. The van der Waals surface area contributed by atoms with Crippen LogP contribution < -0.4 is 5.32 Å². The first-order valence-electron chi connectivity index (χ1n) is 8.83. The van der Waals surface area contributed by atoms with Crippen molar-refractivity contribution in [2.24, 2.45) is 0 Å². The van der Waals surface area contributed by atoms with Crippen molar-refractivity contribution in [2.45, 2.75) is 18.6 Å². The average molecular weight is 395 g/mol. The number of para-hydroxylation sites is 1. The Balaban J connectivity index is 1.50. The molecule has 2 N–H and O–H groups in total. The van der Waals surface area contributed by atoms with Crippen molar-refractivity contribution in [3.05, 3.63) is 60.5 Å². The molecule has 0 spiro atoms. The Hall–Kier alpha value is -3.13. The zero-order valence-corrected chi connectivity index (χ0v) is 16.0. The van der Waals surface area contributed by atoms with E-state index in [2.05, 4.69) is 20.5 Å². The highest BCUT2D eigenvalue weighted by atomic mass is 32.2. The van der Waals surface area contributed by atoms with Gasteiger partial charge in [-0.3, -0.25) is 4.79 Å². The van der Waals surface area contributed by atoms with E-state index < -0.39 is 0 Å². The molecule has 4 rings (SSSR count). The van der Waals surface area contributed by atoms with Crippen molar-refractivity contribution >= 4 is 34.3 Å². The number of H-pyrrole nitrogens is 1. The van der Waals surface area contributed by atoms with E-state index in [1.54, 1.807) is 0 Å². The average Bonchev–Trinajstić information content (AvgIpc) is 3.31. The van der Waals surface area contributed by atoms with E-state index in [1.807, 2.05) is 42.0 Å². The van der Waals surface area contributed by atoms with Crippen molar-refractivity contribution in [1.82, 2.24) is 19.7 Å². The summed E-state index contributed by atoms with van der Waals surface area (Å²) in [5.41, 5.74) is 2.58. The number of aromatic nitrogens is 4. The number of nitrogens with one attached hydrogen (secondary N) is 2. The van der Waals surface area contributed by atoms with Gasteiger partial charge in [0, 0.05) is 34.9 Å². The number of hydrogen-bond donors (Lipinski definition) is 2. The van der Waals surface area contributed by atoms with Gasteiger partial charge < -0.3 is 14.9 Å². The lowest BCUT2D eigenvalue weighted by molar-refractivity contribution is -0.113. The second-order valence-corrected chi connectivity index (χ2v) is 7.08. The van der Waals surface area contributed by atoms with E-state index in [4.69, 9.17) is 0 Å². The molecule has 2 heterocycles. The van der Waals surface area contributed by atoms with E-state index in [-0.39, 0.29) is 17.5 Å². The van der Waals surface area contributed by atoms with Crippen molar-refractivity contribution < 1.29 is 9.18 Å². The number of amides is 1. The zero-order chi connectivity index (χ0) is 19.5. The van der Waals surface area contributed by atoms with E-state index in [0.717, 1.165) is 22.3 Å². The molecule has 0 saturated heterocycles. The van der Waals surface area contributed by atoms with Crippen LogP contribution in [-0.2, 0) is 11.3 Å². The van der Waals surface area contributed by atoms with Gasteiger partial charge in [-0.15, -0.1) is 10.2 Å². The molecule has 142 valence electrons. The number of benzene rings is 2. The minimum atomic E-state index is -0.340. The van der Waals surface area contributed by atoms with Crippen LogP contribution in [0.5, 0.6) is 0 Å².